The standard InChI is InChI=1S/C21H25FN4O/c1-4-18-12(2)21(25-20-8-5-14(10-24-20)17-11-23-17)16-9-15(22)6-7-19(16)26(18)13(3)27/h5-10,12,17-18,21,23H,4,11H2,1-3H3,(H,24,25)/t12?,17?,18-,21?/m0/s1. The number of anilines is 2. The first-order valence-electron chi connectivity index (χ1n) is 9.54. The van der Waals surface area contributed by atoms with Crippen LogP contribution in [0.15, 0.2) is 36.5 Å². The second kappa shape index (κ2) is 6.93. The average molecular weight is 368 g/mol. The molecule has 0 saturated carbocycles. The number of fused-ring (bicyclic) bond motifs is 1. The van der Waals surface area contributed by atoms with E-state index in [0.29, 0.717) is 6.04 Å². The van der Waals surface area contributed by atoms with E-state index in [1.807, 2.05) is 17.2 Å². The molecule has 3 heterocycles. The van der Waals surface area contributed by atoms with Crippen molar-refractivity contribution < 1.29 is 9.18 Å². The maximum absolute atomic E-state index is 14.0. The second-order valence-corrected chi connectivity index (χ2v) is 7.49. The molecule has 5 nitrogen and oxygen atoms in total. The van der Waals surface area contributed by atoms with Crippen LogP contribution in [0.3, 0.4) is 0 Å². The van der Waals surface area contributed by atoms with E-state index in [1.165, 1.54) is 17.7 Å². The minimum atomic E-state index is -0.297. The van der Waals surface area contributed by atoms with Crippen molar-refractivity contribution in [2.24, 2.45) is 5.92 Å². The van der Waals surface area contributed by atoms with Gasteiger partial charge in [-0.3, -0.25) is 4.79 Å². The van der Waals surface area contributed by atoms with Crippen molar-refractivity contribution in [3.05, 3.63) is 53.5 Å². The monoisotopic (exact) mass is 368 g/mol. The first-order valence-corrected chi connectivity index (χ1v) is 9.54. The number of aromatic nitrogens is 1. The highest BCUT2D eigenvalue weighted by Gasteiger charge is 2.40. The van der Waals surface area contributed by atoms with Crippen molar-refractivity contribution in [1.29, 1.82) is 0 Å². The molecular weight excluding hydrogens is 343 g/mol. The lowest BCUT2D eigenvalue weighted by Crippen LogP contribution is -2.49. The summed E-state index contributed by atoms with van der Waals surface area (Å²) in [7, 11) is 0. The lowest BCUT2D eigenvalue weighted by molar-refractivity contribution is -0.117. The van der Waals surface area contributed by atoms with Crippen molar-refractivity contribution in [2.45, 2.75) is 45.3 Å². The first-order chi connectivity index (χ1) is 13.0. The molecule has 0 bridgehead atoms. The predicted molar refractivity (Wildman–Crippen MR) is 104 cm³/mol. The number of pyridine rings is 1. The summed E-state index contributed by atoms with van der Waals surface area (Å²) in [6.45, 7) is 6.76. The molecule has 3 unspecified atom stereocenters. The molecule has 1 aromatic heterocycles. The Kier molecular flexibility index (Phi) is 4.60. The molecule has 2 aromatic rings. The number of benzene rings is 1. The van der Waals surface area contributed by atoms with E-state index in [-0.39, 0.29) is 29.7 Å². The summed E-state index contributed by atoms with van der Waals surface area (Å²) in [4.78, 5) is 18.7. The van der Waals surface area contributed by atoms with Gasteiger partial charge in [0.1, 0.15) is 11.6 Å². The van der Waals surface area contributed by atoms with Gasteiger partial charge in [-0.1, -0.05) is 19.9 Å². The Morgan fingerprint density at radius 3 is 2.74 bits per heavy atom. The van der Waals surface area contributed by atoms with Gasteiger partial charge in [0.25, 0.3) is 0 Å². The molecule has 0 radical (unpaired) electrons. The number of hydrogen-bond donors (Lipinski definition) is 2. The third-order valence-corrected chi connectivity index (χ3v) is 5.71. The van der Waals surface area contributed by atoms with Crippen molar-refractivity contribution >= 4 is 17.4 Å². The van der Waals surface area contributed by atoms with Crippen LogP contribution in [-0.4, -0.2) is 23.5 Å². The smallest absolute Gasteiger partial charge is 0.224 e. The van der Waals surface area contributed by atoms with Crippen molar-refractivity contribution in [3.8, 4) is 0 Å². The summed E-state index contributed by atoms with van der Waals surface area (Å²) in [5.41, 5.74) is 2.76. The van der Waals surface area contributed by atoms with E-state index in [2.05, 4.69) is 35.5 Å². The van der Waals surface area contributed by atoms with E-state index >= 15 is 0 Å². The van der Waals surface area contributed by atoms with Gasteiger partial charge >= 0.3 is 0 Å². The van der Waals surface area contributed by atoms with E-state index in [1.54, 1.807) is 13.0 Å². The van der Waals surface area contributed by atoms with Gasteiger partial charge in [0.05, 0.1) is 6.04 Å². The lowest BCUT2D eigenvalue weighted by Gasteiger charge is -2.45. The number of nitrogens with one attached hydrogen (secondary N) is 2. The van der Waals surface area contributed by atoms with E-state index < -0.39 is 0 Å². The van der Waals surface area contributed by atoms with Gasteiger partial charge in [-0.25, -0.2) is 9.37 Å². The molecule has 1 amide bonds. The number of carbonyl (C=O) groups is 1. The summed E-state index contributed by atoms with van der Waals surface area (Å²) in [5.74, 6) is 0.561. The topological polar surface area (TPSA) is 67.2 Å². The number of amides is 1. The highest BCUT2D eigenvalue weighted by molar-refractivity contribution is 5.94. The Balaban J connectivity index is 1.70. The fraction of sp³-hybridized carbons (Fsp3) is 0.429. The zero-order valence-corrected chi connectivity index (χ0v) is 15.9. The van der Waals surface area contributed by atoms with Crippen LogP contribution in [0.4, 0.5) is 15.9 Å². The Morgan fingerprint density at radius 2 is 2.15 bits per heavy atom. The number of halogens is 1. The van der Waals surface area contributed by atoms with Crippen LogP contribution in [-0.2, 0) is 4.79 Å². The molecule has 2 aliphatic heterocycles. The fourth-order valence-electron chi connectivity index (χ4n) is 4.23. The van der Waals surface area contributed by atoms with Crippen LogP contribution in [0.2, 0.25) is 0 Å². The van der Waals surface area contributed by atoms with Crippen LogP contribution in [0.1, 0.15) is 50.4 Å². The molecule has 4 atom stereocenters. The zero-order chi connectivity index (χ0) is 19.1. The second-order valence-electron chi connectivity index (χ2n) is 7.49. The summed E-state index contributed by atoms with van der Waals surface area (Å²) in [6.07, 6.45) is 2.71. The molecule has 1 aromatic carbocycles. The normalized spacial score (nSPS) is 26.4. The summed E-state index contributed by atoms with van der Waals surface area (Å²) < 4.78 is 14.0. The fourth-order valence-corrected chi connectivity index (χ4v) is 4.23. The van der Waals surface area contributed by atoms with E-state index in [9.17, 15) is 9.18 Å². The maximum atomic E-state index is 14.0. The van der Waals surface area contributed by atoms with E-state index in [0.717, 1.165) is 30.0 Å². The summed E-state index contributed by atoms with van der Waals surface area (Å²) >= 11 is 0. The molecule has 2 N–H and O–H groups in total. The molecule has 1 saturated heterocycles. The molecule has 0 aliphatic carbocycles. The number of nitrogens with zero attached hydrogens (tertiary/aromatic N) is 2. The minimum absolute atomic E-state index is 0.0144. The van der Waals surface area contributed by atoms with Crippen LogP contribution < -0.4 is 15.5 Å². The van der Waals surface area contributed by atoms with Gasteiger partial charge in [0.15, 0.2) is 0 Å². The maximum Gasteiger partial charge on any atom is 0.224 e. The highest BCUT2D eigenvalue weighted by Crippen LogP contribution is 2.43. The molecular formula is C21H25FN4O. The third-order valence-electron chi connectivity index (χ3n) is 5.71. The quantitative estimate of drug-likeness (QED) is 0.806. The predicted octanol–water partition coefficient (Wildman–Crippen LogP) is 3.80. The van der Waals surface area contributed by atoms with Gasteiger partial charge < -0.3 is 15.5 Å². The van der Waals surface area contributed by atoms with Gasteiger partial charge in [-0.15, -0.1) is 0 Å². The number of carbonyl (C=O) groups excluding carboxylic acids is 1. The third kappa shape index (κ3) is 3.30. The van der Waals surface area contributed by atoms with E-state index in [4.69, 9.17) is 0 Å². The first kappa shape index (κ1) is 17.9. The number of rotatable bonds is 4. The van der Waals surface area contributed by atoms with Crippen LogP contribution in [0.5, 0.6) is 0 Å². The van der Waals surface area contributed by atoms with Crippen LogP contribution in [0.25, 0.3) is 0 Å². The van der Waals surface area contributed by atoms with Gasteiger partial charge in [0.2, 0.25) is 5.91 Å². The average Bonchev–Trinajstić information content (AvgIpc) is 3.49. The molecule has 2 aliphatic rings. The Labute approximate surface area is 159 Å². The lowest BCUT2D eigenvalue weighted by atomic mass is 9.81. The Bertz CT molecular complexity index is 850. The van der Waals surface area contributed by atoms with Crippen molar-refractivity contribution in [1.82, 2.24) is 10.3 Å². The Hall–Kier alpha value is -2.47. The molecule has 27 heavy (non-hydrogen) atoms. The minimum Gasteiger partial charge on any atom is -0.363 e. The van der Waals surface area contributed by atoms with Crippen molar-refractivity contribution in [3.63, 3.8) is 0 Å². The van der Waals surface area contributed by atoms with Gasteiger partial charge in [0, 0.05) is 48.9 Å². The SMILES string of the molecule is CC[C@H]1C(C)C(Nc2ccc(C3CN3)cn2)c2cc(F)ccc2N1C(C)=O. The summed E-state index contributed by atoms with van der Waals surface area (Å²) in [6, 6.07) is 9.06. The van der Waals surface area contributed by atoms with Crippen LogP contribution >= 0.6 is 0 Å². The largest absolute Gasteiger partial charge is 0.363 e. The molecule has 6 heteroatoms. The Morgan fingerprint density at radius 1 is 1.37 bits per heavy atom. The van der Waals surface area contributed by atoms with Crippen LogP contribution in [0, 0.1) is 11.7 Å². The summed E-state index contributed by atoms with van der Waals surface area (Å²) in [5, 5.41) is 6.76. The zero-order valence-electron chi connectivity index (χ0n) is 15.9. The molecule has 142 valence electrons. The number of hydrogen-bond acceptors (Lipinski definition) is 4. The van der Waals surface area contributed by atoms with Gasteiger partial charge in [-0.05, 0) is 36.2 Å². The van der Waals surface area contributed by atoms with Crippen molar-refractivity contribution in [2.75, 3.05) is 16.8 Å². The molecule has 0 spiro atoms. The molecule has 1 fully saturated rings. The highest BCUT2D eigenvalue weighted by atomic mass is 19.1. The van der Waals surface area contributed by atoms with Gasteiger partial charge in [-0.2, -0.15) is 0 Å². The molecule has 4 rings (SSSR count).